The van der Waals surface area contributed by atoms with E-state index in [0.29, 0.717) is 31.7 Å². The zero-order valence-corrected chi connectivity index (χ0v) is 18.8. The van der Waals surface area contributed by atoms with Crippen LogP contribution < -0.4 is 0 Å². The molecule has 1 amide bonds. The normalized spacial score (nSPS) is 11.7. The summed E-state index contributed by atoms with van der Waals surface area (Å²) in [6.07, 6.45) is 3.98. The van der Waals surface area contributed by atoms with Gasteiger partial charge in [-0.2, -0.15) is 4.31 Å². The molecule has 2 aromatic heterocycles. The summed E-state index contributed by atoms with van der Waals surface area (Å²) in [6, 6.07) is 12.1. The van der Waals surface area contributed by atoms with Crippen molar-refractivity contribution in [1.82, 2.24) is 9.21 Å². The maximum Gasteiger partial charge on any atom is 0.254 e. The molecule has 0 spiro atoms. The predicted molar refractivity (Wildman–Crippen MR) is 118 cm³/mol. The van der Waals surface area contributed by atoms with Crippen molar-refractivity contribution in [1.29, 1.82) is 0 Å². The van der Waals surface area contributed by atoms with Crippen LogP contribution in [0.25, 0.3) is 0 Å². The van der Waals surface area contributed by atoms with E-state index < -0.39 is 10.0 Å². The van der Waals surface area contributed by atoms with Crippen LogP contribution in [-0.4, -0.2) is 43.2 Å². The van der Waals surface area contributed by atoms with Crippen molar-refractivity contribution >= 4 is 27.3 Å². The maximum absolute atomic E-state index is 13.2. The van der Waals surface area contributed by atoms with Crippen LogP contribution in [0, 0.1) is 0 Å². The highest BCUT2D eigenvalue weighted by molar-refractivity contribution is 7.89. The van der Waals surface area contributed by atoms with Gasteiger partial charge in [-0.3, -0.25) is 4.79 Å². The molecule has 8 heteroatoms. The van der Waals surface area contributed by atoms with Gasteiger partial charge in [0.2, 0.25) is 10.0 Å². The number of furan rings is 1. The highest BCUT2D eigenvalue weighted by Crippen LogP contribution is 2.19. The minimum atomic E-state index is -3.55. The summed E-state index contributed by atoms with van der Waals surface area (Å²) in [7, 11) is -3.55. The molecule has 0 saturated carbocycles. The van der Waals surface area contributed by atoms with Crippen LogP contribution in [-0.2, 0) is 23.0 Å². The Bertz CT molecular complexity index is 1020. The third kappa shape index (κ3) is 5.19. The van der Waals surface area contributed by atoms with Gasteiger partial charge in [0, 0.05) is 42.2 Å². The summed E-state index contributed by atoms with van der Waals surface area (Å²) in [5, 5.41) is 2.02. The summed E-state index contributed by atoms with van der Waals surface area (Å²) in [6.45, 7) is 5.41. The Morgan fingerprint density at radius 3 is 2.37 bits per heavy atom. The topological polar surface area (TPSA) is 70.8 Å². The summed E-state index contributed by atoms with van der Waals surface area (Å²) in [5.74, 6) is -0.139. The molecular formula is C22H26N2O4S2. The lowest BCUT2D eigenvalue weighted by molar-refractivity contribution is 0.0745. The quantitative estimate of drug-likeness (QED) is 0.467. The Hall–Kier alpha value is -2.42. The number of benzene rings is 1. The van der Waals surface area contributed by atoms with Gasteiger partial charge in [0.15, 0.2) is 0 Å². The second-order valence-corrected chi connectivity index (χ2v) is 9.77. The van der Waals surface area contributed by atoms with E-state index >= 15 is 0 Å². The van der Waals surface area contributed by atoms with Gasteiger partial charge in [-0.15, -0.1) is 11.3 Å². The summed E-state index contributed by atoms with van der Waals surface area (Å²) in [4.78, 5) is 16.3. The monoisotopic (exact) mass is 446 g/mol. The number of sulfonamides is 1. The molecule has 0 aliphatic carbocycles. The van der Waals surface area contributed by atoms with Crippen molar-refractivity contribution in [2.75, 3.05) is 19.6 Å². The minimum Gasteiger partial charge on any atom is -0.472 e. The maximum atomic E-state index is 13.2. The molecule has 3 aromatic rings. The molecule has 0 atom stereocenters. The van der Waals surface area contributed by atoms with Crippen LogP contribution >= 0.6 is 11.3 Å². The molecule has 0 saturated heterocycles. The third-order valence-electron chi connectivity index (χ3n) is 4.89. The molecule has 1 aromatic carbocycles. The first kappa shape index (κ1) is 22.3. The molecule has 2 heterocycles. The van der Waals surface area contributed by atoms with Gasteiger partial charge in [0.1, 0.15) is 0 Å². The number of amides is 1. The SMILES string of the molecule is CCN(CC)S(=O)(=O)c1ccc(C(=O)N(CCc2cccs2)Cc2ccoc2)cc1. The average Bonchev–Trinajstić information content (AvgIpc) is 3.45. The fourth-order valence-corrected chi connectivity index (χ4v) is 5.38. The molecule has 0 bridgehead atoms. The van der Waals surface area contributed by atoms with Gasteiger partial charge in [0.05, 0.1) is 17.4 Å². The molecule has 0 unspecified atom stereocenters. The molecule has 0 aliphatic rings. The first-order chi connectivity index (χ1) is 14.5. The fourth-order valence-electron chi connectivity index (χ4n) is 3.22. The highest BCUT2D eigenvalue weighted by atomic mass is 32.2. The number of hydrogen-bond donors (Lipinski definition) is 0. The number of hydrogen-bond acceptors (Lipinski definition) is 5. The minimum absolute atomic E-state index is 0.139. The van der Waals surface area contributed by atoms with Gasteiger partial charge in [-0.25, -0.2) is 8.42 Å². The van der Waals surface area contributed by atoms with Crippen LogP contribution in [0.2, 0.25) is 0 Å². The van der Waals surface area contributed by atoms with E-state index in [1.807, 2.05) is 17.5 Å². The van der Waals surface area contributed by atoms with Crippen molar-refractivity contribution in [2.45, 2.75) is 31.7 Å². The summed E-state index contributed by atoms with van der Waals surface area (Å²) < 4.78 is 31.9. The average molecular weight is 447 g/mol. The van der Waals surface area contributed by atoms with Gasteiger partial charge < -0.3 is 9.32 Å². The lowest BCUT2D eigenvalue weighted by Crippen LogP contribution is -2.32. The molecule has 3 rings (SSSR count). The molecule has 160 valence electrons. The second-order valence-electron chi connectivity index (χ2n) is 6.80. The van der Waals surface area contributed by atoms with E-state index in [9.17, 15) is 13.2 Å². The van der Waals surface area contributed by atoms with Crippen LogP contribution in [0.15, 0.2) is 69.7 Å². The first-order valence-electron chi connectivity index (χ1n) is 9.88. The molecule has 0 radical (unpaired) electrons. The van der Waals surface area contributed by atoms with Crippen LogP contribution in [0.4, 0.5) is 0 Å². The van der Waals surface area contributed by atoms with Crippen molar-refractivity contribution < 1.29 is 17.6 Å². The molecule has 0 fully saturated rings. The van der Waals surface area contributed by atoms with Crippen LogP contribution in [0.3, 0.4) is 0 Å². The van der Waals surface area contributed by atoms with Gasteiger partial charge in [-0.1, -0.05) is 19.9 Å². The third-order valence-corrected chi connectivity index (χ3v) is 7.89. The standard InChI is InChI=1S/C22H26N2O4S2/c1-3-24(4-2)30(26,27)21-9-7-19(8-10-21)22(25)23(16-18-12-14-28-17-18)13-11-20-6-5-15-29-20/h5-10,12,14-15,17H,3-4,11,13,16H2,1-2H3. The van der Waals surface area contributed by atoms with Crippen LogP contribution in [0.1, 0.15) is 34.6 Å². The van der Waals surface area contributed by atoms with Crippen LogP contribution in [0.5, 0.6) is 0 Å². The van der Waals surface area contributed by atoms with E-state index in [1.54, 1.807) is 54.7 Å². The Morgan fingerprint density at radius 2 is 1.80 bits per heavy atom. The van der Waals surface area contributed by atoms with Gasteiger partial charge >= 0.3 is 0 Å². The largest absolute Gasteiger partial charge is 0.472 e. The smallest absolute Gasteiger partial charge is 0.254 e. The molecule has 6 nitrogen and oxygen atoms in total. The number of carbonyl (C=O) groups excluding carboxylic acids is 1. The second kappa shape index (κ2) is 10.1. The van der Waals surface area contributed by atoms with Gasteiger partial charge in [-0.05, 0) is 48.2 Å². The zero-order chi connectivity index (χ0) is 21.6. The first-order valence-corrected chi connectivity index (χ1v) is 12.2. The predicted octanol–water partition coefficient (Wildman–Crippen LogP) is 4.26. The highest BCUT2D eigenvalue weighted by Gasteiger charge is 2.23. The Labute approximate surface area is 181 Å². The number of carbonyl (C=O) groups is 1. The van der Waals surface area contributed by atoms with Crippen molar-refractivity contribution in [3.05, 3.63) is 76.4 Å². The van der Waals surface area contributed by atoms with E-state index in [1.165, 1.54) is 21.3 Å². The van der Waals surface area contributed by atoms with E-state index in [2.05, 4.69) is 6.07 Å². The molecular weight excluding hydrogens is 420 g/mol. The fraction of sp³-hybridized carbons (Fsp3) is 0.318. The number of nitrogens with zero attached hydrogens (tertiary/aromatic N) is 2. The molecule has 0 N–H and O–H groups in total. The van der Waals surface area contributed by atoms with Crippen molar-refractivity contribution in [2.24, 2.45) is 0 Å². The lowest BCUT2D eigenvalue weighted by atomic mass is 10.1. The van der Waals surface area contributed by atoms with Crippen molar-refractivity contribution in [3.63, 3.8) is 0 Å². The Kier molecular flexibility index (Phi) is 7.47. The summed E-state index contributed by atoms with van der Waals surface area (Å²) in [5.41, 5.74) is 1.37. The Balaban J connectivity index is 1.79. The zero-order valence-electron chi connectivity index (χ0n) is 17.2. The van der Waals surface area contributed by atoms with E-state index in [-0.39, 0.29) is 10.8 Å². The molecule has 0 aliphatic heterocycles. The summed E-state index contributed by atoms with van der Waals surface area (Å²) >= 11 is 1.66. The number of rotatable bonds is 10. The molecule has 30 heavy (non-hydrogen) atoms. The lowest BCUT2D eigenvalue weighted by Gasteiger charge is -2.22. The van der Waals surface area contributed by atoms with Crippen molar-refractivity contribution in [3.8, 4) is 0 Å². The number of thiophene rings is 1. The van der Waals surface area contributed by atoms with Gasteiger partial charge in [0.25, 0.3) is 5.91 Å². The van der Waals surface area contributed by atoms with E-state index in [4.69, 9.17) is 4.42 Å². The van der Waals surface area contributed by atoms with E-state index in [0.717, 1.165) is 12.0 Å². The Morgan fingerprint density at radius 1 is 1.07 bits per heavy atom.